The number of nitrogens with zero attached hydrogens (tertiary/aromatic N) is 4. The van der Waals surface area contributed by atoms with E-state index in [1.807, 2.05) is 6.92 Å². The molecule has 1 atom stereocenters. The van der Waals surface area contributed by atoms with Crippen LogP contribution < -0.4 is 4.90 Å². The molecule has 0 saturated carbocycles. The molecule has 39 heavy (non-hydrogen) atoms. The van der Waals surface area contributed by atoms with Crippen molar-refractivity contribution in [2.24, 2.45) is 0 Å². The summed E-state index contributed by atoms with van der Waals surface area (Å²) < 4.78 is 47.2. The Morgan fingerprint density at radius 2 is 1.51 bits per heavy atom. The number of rotatable bonds is 7. The molecular weight excluding hydrogens is 526 g/mol. The normalized spacial score (nSPS) is 13.4. The first-order chi connectivity index (χ1) is 17.6. The van der Waals surface area contributed by atoms with E-state index in [0.29, 0.717) is 21.9 Å². The third kappa shape index (κ3) is 8.56. The van der Waals surface area contributed by atoms with Crippen LogP contribution in [0.3, 0.4) is 0 Å². The summed E-state index contributed by atoms with van der Waals surface area (Å²) in [5.41, 5.74) is -0.689. The summed E-state index contributed by atoms with van der Waals surface area (Å²) in [5.74, 6) is -0.340. The lowest BCUT2D eigenvalue weighted by Gasteiger charge is -2.28. The Morgan fingerprint density at radius 1 is 1.00 bits per heavy atom. The number of ether oxygens (including phenoxy) is 3. The maximum atomic E-state index is 14.4. The van der Waals surface area contributed by atoms with E-state index in [0.717, 1.165) is 0 Å². The van der Waals surface area contributed by atoms with Gasteiger partial charge >= 0.3 is 12.2 Å². The zero-order valence-electron chi connectivity index (χ0n) is 25.1. The zero-order valence-corrected chi connectivity index (χ0v) is 26.1. The Kier molecular flexibility index (Phi) is 9.71. The Bertz CT molecular complexity index is 1170. The second-order valence-corrected chi connectivity index (χ2v) is 18.1. The molecule has 0 saturated heterocycles. The molecule has 2 aromatic heterocycles. The van der Waals surface area contributed by atoms with Gasteiger partial charge in [0.1, 0.15) is 29.4 Å². The number of aryl methyl sites for hydroxylation is 1. The minimum absolute atomic E-state index is 0.0640. The fraction of sp³-hybridized carbons (Fsp3) is 0.630. The summed E-state index contributed by atoms with van der Waals surface area (Å²) in [6.45, 7) is 22.0. The van der Waals surface area contributed by atoms with Gasteiger partial charge in [-0.25, -0.2) is 28.0 Å². The van der Waals surface area contributed by atoms with Crippen LogP contribution in [0.1, 0.15) is 72.0 Å². The molecule has 0 fully saturated rings. The average Bonchev–Trinajstić information content (AvgIpc) is 3.01. The number of halogens is 2. The van der Waals surface area contributed by atoms with Gasteiger partial charge < -0.3 is 14.2 Å². The van der Waals surface area contributed by atoms with E-state index in [1.54, 1.807) is 60.1 Å². The summed E-state index contributed by atoms with van der Waals surface area (Å²) in [5, 5.41) is 4.51. The number of anilines is 1. The van der Waals surface area contributed by atoms with E-state index >= 15 is 0 Å². The second-order valence-electron chi connectivity index (χ2n) is 12.5. The first-order valence-electron chi connectivity index (χ1n) is 12.8. The van der Waals surface area contributed by atoms with Gasteiger partial charge in [0, 0.05) is 22.5 Å². The zero-order chi connectivity index (χ0) is 30.1. The van der Waals surface area contributed by atoms with Crippen LogP contribution in [0.2, 0.25) is 19.6 Å². The SMILES string of the molecule is Cc1nn(COC(C)[Si](C)(C)C)c(C)c1-c1ccc(N(C(=O)OC(C)(C)C)C(=O)OC(C)(C)C)nc1C(F)F. The molecule has 2 rings (SSSR count). The lowest BCUT2D eigenvalue weighted by atomic mass is 10.0. The van der Waals surface area contributed by atoms with Gasteiger partial charge in [-0.3, -0.25) is 0 Å². The quantitative estimate of drug-likeness (QED) is 0.321. The van der Waals surface area contributed by atoms with Crippen molar-refractivity contribution in [3.05, 3.63) is 29.2 Å². The third-order valence-electron chi connectivity index (χ3n) is 5.82. The van der Waals surface area contributed by atoms with E-state index in [4.69, 9.17) is 14.2 Å². The molecule has 0 bridgehead atoms. The largest absolute Gasteiger partial charge is 0.443 e. The summed E-state index contributed by atoms with van der Waals surface area (Å²) in [6, 6.07) is 2.72. The van der Waals surface area contributed by atoms with Gasteiger partial charge in [0.05, 0.1) is 13.8 Å². The van der Waals surface area contributed by atoms with Crippen LogP contribution in [0.4, 0.5) is 24.2 Å². The predicted molar refractivity (Wildman–Crippen MR) is 149 cm³/mol. The van der Waals surface area contributed by atoms with Crippen molar-refractivity contribution in [1.82, 2.24) is 14.8 Å². The first kappa shape index (κ1) is 32.3. The molecule has 2 heterocycles. The van der Waals surface area contributed by atoms with Crippen LogP contribution in [-0.4, -0.2) is 52.0 Å². The number of amides is 2. The van der Waals surface area contributed by atoms with Gasteiger partial charge in [-0.05, 0) is 74.4 Å². The third-order valence-corrected chi connectivity index (χ3v) is 8.42. The smallest absolute Gasteiger partial charge is 0.425 e. The molecule has 218 valence electrons. The van der Waals surface area contributed by atoms with Gasteiger partial charge in [-0.1, -0.05) is 19.6 Å². The maximum absolute atomic E-state index is 14.4. The average molecular weight is 569 g/mol. The van der Waals surface area contributed by atoms with Crippen LogP contribution in [0, 0.1) is 13.8 Å². The van der Waals surface area contributed by atoms with E-state index in [-0.39, 0.29) is 23.8 Å². The molecule has 0 N–H and O–H groups in total. The number of carbonyl (C=O) groups excluding carboxylic acids is 2. The highest BCUT2D eigenvalue weighted by atomic mass is 28.3. The molecule has 0 spiro atoms. The molecule has 0 aliphatic heterocycles. The van der Waals surface area contributed by atoms with Gasteiger partial charge in [0.25, 0.3) is 6.43 Å². The Hall–Kier alpha value is -2.86. The van der Waals surface area contributed by atoms with Crippen LogP contribution in [0.15, 0.2) is 12.1 Å². The number of alkyl halides is 2. The monoisotopic (exact) mass is 568 g/mol. The predicted octanol–water partition coefficient (Wildman–Crippen LogP) is 7.42. The number of imide groups is 1. The van der Waals surface area contributed by atoms with Crippen LogP contribution in [0.25, 0.3) is 11.1 Å². The molecule has 9 nitrogen and oxygen atoms in total. The standard InChI is InChI=1S/C27H42F2N4O5Si/c1-16-21(17(2)32(31-16)15-36-18(3)39(10,11)12)19-13-14-20(30-22(19)23(28)29)33(24(34)37-26(4,5)6)25(35)38-27(7,8)9/h13-14,18,23H,15H2,1-12H3. The van der Waals surface area contributed by atoms with Crippen molar-refractivity contribution in [2.75, 3.05) is 4.90 Å². The van der Waals surface area contributed by atoms with E-state index in [9.17, 15) is 18.4 Å². The number of hydrogen-bond acceptors (Lipinski definition) is 7. The topological polar surface area (TPSA) is 95.8 Å². The number of aromatic nitrogens is 3. The summed E-state index contributed by atoms with van der Waals surface area (Å²) in [7, 11) is -1.55. The number of carbonyl (C=O) groups is 2. The highest BCUT2D eigenvalue weighted by Gasteiger charge is 2.35. The molecule has 0 aromatic carbocycles. The molecule has 0 radical (unpaired) electrons. The Balaban J connectivity index is 2.58. The second kappa shape index (κ2) is 11.7. The lowest BCUT2D eigenvalue weighted by molar-refractivity contribution is 0.0427. The number of hydrogen-bond donors (Lipinski definition) is 0. The minimum Gasteiger partial charge on any atom is -0.443 e. The maximum Gasteiger partial charge on any atom is 0.425 e. The van der Waals surface area contributed by atoms with Crippen molar-refractivity contribution in [3.63, 3.8) is 0 Å². The molecule has 1 unspecified atom stereocenters. The van der Waals surface area contributed by atoms with Gasteiger partial charge in [-0.2, -0.15) is 10.00 Å². The van der Waals surface area contributed by atoms with E-state index in [1.165, 1.54) is 12.1 Å². The van der Waals surface area contributed by atoms with Gasteiger partial charge in [0.2, 0.25) is 0 Å². The molecule has 0 aliphatic rings. The lowest BCUT2D eigenvalue weighted by Crippen LogP contribution is -2.44. The van der Waals surface area contributed by atoms with Crippen molar-refractivity contribution in [1.29, 1.82) is 0 Å². The van der Waals surface area contributed by atoms with E-state index in [2.05, 4.69) is 29.7 Å². The fourth-order valence-electron chi connectivity index (χ4n) is 3.49. The van der Waals surface area contributed by atoms with Crippen molar-refractivity contribution in [3.8, 4) is 11.1 Å². The number of pyridine rings is 1. The highest BCUT2D eigenvalue weighted by molar-refractivity contribution is 6.77. The molecule has 2 aromatic rings. The van der Waals surface area contributed by atoms with Crippen molar-refractivity contribution in [2.45, 2.75) is 112 Å². The Morgan fingerprint density at radius 3 is 1.95 bits per heavy atom. The molecular formula is C27H42F2N4O5Si. The minimum atomic E-state index is -3.01. The summed E-state index contributed by atoms with van der Waals surface area (Å²) in [4.78, 5) is 30.6. The summed E-state index contributed by atoms with van der Waals surface area (Å²) in [6.07, 6.45) is -5.19. The van der Waals surface area contributed by atoms with Gasteiger partial charge in [0.15, 0.2) is 0 Å². The molecule has 0 aliphatic carbocycles. The van der Waals surface area contributed by atoms with Crippen molar-refractivity contribution >= 4 is 26.1 Å². The van der Waals surface area contributed by atoms with Crippen LogP contribution in [0.5, 0.6) is 0 Å². The van der Waals surface area contributed by atoms with E-state index < -0.39 is 43.6 Å². The first-order valence-corrected chi connectivity index (χ1v) is 16.4. The fourth-order valence-corrected chi connectivity index (χ4v) is 4.06. The van der Waals surface area contributed by atoms with Crippen LogP contribution in [-0.2, 0) is 20.9 Å². The highest BCUT2D eigenvalue weighted by Crippen LogP contribution is 2.36. The molecule has 12 heteroatoms. The molecule has 2 amide bonds. The summed E-state index contributed by atoms with van der Waals surface area (Å²) >= 11 is 0. The van der Waals surface area contributed by atoms with Crippen molar-refractivity contribution < 1.29 is 32.6 Å². The van der Waals surface area contributed by atoms with Gasteiger partial charge in [-0.15, -0.1) is 0 Å². The van der Waals surface area contributed by atoms with Crippen LogP contribution >= 0.6 is 0 Å². The Labute approximate surface area is 230 Å².